The SMILES string of the molecule is Cc1cc(S(=O)(=O)NC2CC2)ccc1OCC(=O)NCCc1ccc(S(=O)(=O)N2CCCC2)cc1. The fourth-order valence-corrected chi connectivity index (χ4v) is 6.79. The first-order chi connectivity index (χ1) is 16.6. The van der Waals surface area contributed by atoms with Crippen molar-refractivity contribution in [2.75, 3.05) is 26.2 Å². The zero-order valence-electron chi connectivity index (χ0n) is 19.7. The number of amides is 1. The minimum Gasteiger partial charge on any atom is -0.484 e. The minimum atomic E-state index is -3.54. The number of hydrogen-bond acceptors (Lipinski definition) is 6. The monoisotopic (exact) mass is 521 g/mol. The maximum atomic E-state index is 12.6. The van der Waals surface area contributed by atoms with E-state index in [2.05, 4.69) is 10.0 Å². The molecule has 1 saturated carbocycles. The van der Waals surface area contributed by atoms with E-state index in [-0.39, 0.29) is 28.3 Å². The van der Waals surface area contributed by atoms with Gasteiger partial charge in [-0.25, -0.2) is 21.6 Å². The normalized spacial score (nSPS) is 16.8. The summed E-state index contributed by atoms with van der Waals surface area (Å²) in [7, 11) is -6.97. The van der Waals surface area contributed by atoms with Gasteiger partial charge in [-0.1, -0.05) is 12.1 Å². The van der Waals surface area contributed by atoms with Crippen LogP contribution in [0.5, 0.6) is 5.75 Å². The summed E-state index contributed by atoms with van der Waals surface area (Å²) < 4.78 is 59.6. The van der Waals surface area contributed by atoms with Crippen molar-refractivity contribution in [2.24, 2.45) is 0 Å². The lowest BCUT2D eigenvalue weighted by Gasteiger charge is -2.15. The Bertz CT molecular complexity index is 1270. The smallest absolute Gasteiger partial charge is 0.257 e. The average molecular weight is 522 g/mol. The number of benzene rings is 2. The van der Waals surface area contributed by atoms with Crippen LogP contribution < -0.4 is 14.8 Å². The summed E-state index contributed by atoms with van der Waals surface area (Å²) in [5.74, 6) is 0.144. The highest BCUT2D eigenvalue weighted by molar-refractivity contribution is 7.89. The van der Waals surface area contributed by atoms with E-state index < -0.39 is 20.0 Å². The summed E-state index contributed by atoms with van der Waals surface area (Å²) >= 11 is 0. The Labute approximate surface area is 207 Å². The molecule has 9 nitrogen and oxygen atoms in total. The number of ether oxygens (including phenoxy) is 1. The van der Waals surface area contributed by atoms with Gasteiger partial charge in [0.15, 0.2) is 6.61 Å². The average Bonchev–Trinajstić information content (AvgIpc) is 3.43. The molecular formula is C24H31N3O6S2. The van der Waals surface area contributed by atoms with Crippen LogP contribution in [0.3, 0.4) is 0 Å². The van der Waals surface area contributed by atoms with Crippen molar-refractivity contribution in [3.8, 4) is 5.75 Å². The molecule has 1 amide bonds. The van der Waals surface area contributed by atoms with Gasteiger partial charge in [0.1, 0.15) is 5.75 Å². The van der Waals surface area contributed by atoms with E-state index in [1.807, 2.05) is 0 Å². The molecule has 0 radical (unpaired) electrons. The molecule has 0 spiro atoms. The molecule has 1 aliphatic heterocycles. The lowest BCUT2D eigenvalue weighted by molar-refractivity contribution is -0.123. The number of carbonyl (C=O) groups is 1. The number of hydrogen-bond donors (Lipinski definition) is 2. The minimum absolute atomic E-state index is 0.0285. The fraction of sp³-hybridized carbons (Fsp3) is 0.458. The van der Waals surface area contributed by atoms with Crippen molar-refractivity contribution in [1.29, 1.82) is 0 Å². The van der Waals surface area contributed by atoms with Crippen molar-refractivity contribution in [3.05, 3.63) is 53.6 Å². The van der Waals surface area contributed by atoms with Crippen LogP contribution in [0, 0.1) is 6.92 Å². The van der Waals surface area contributed by atoms with E-state index in [0.717, 1.165) is 31.2 Å². The lowest BCUT2D eigenvalue weighted by atomic mass is 10.1. The van der Waals surface area contributed by atoms with Crippen LogP contribution in [0.25, 0.3) is 0 Å². The Morgan fingerprint density at radius 3 is 2.29 bits per heavy atom. The third kappa shape index (κ3) is 6.60. The molecule has 2 fully saturated rings. The number of sulfonamides is 2. The molecule has 1 aliphatic carbocycles. The van der Waals surface area contributed by atoms with Gasteiger partial charge in [-0.15, -0.1) is 0 Å². The molecule has 1 heterocycles. The van der Waals surface area contributed by atoms with Crippen LogP contribution in [0.2, 0.25) is 0 Å². The molecule has 4 rings (SSSR count). The second-order valence-electron chi connectivity index (χ2n) is 8.97. The summed E-state index contributed by atoms with van der Waals surface area (Å²) in [6, 6.07) is 11.3. The van der Waals surface area contributed by atoms with Crippen LogP contribution in [0.1, 0.15) is 36.8 Å². The van der Waals surface area contributed by atoms with Crippen molar-refractivity contribution in [1.82, 2.24) is 14.3 Å². The largest absolute Gasteiger partial charge is 0.484 e. The molecule has 1 saturated heterocycles. The summed E-state index contributed by atoms with van der Waals surface area (Å²) in [6.45, 7) is 3.05. The van der Waals surface area contributed by atoms with Crippen molar-refractivity contribution < 1.29 is 26.4 Å². The summed E-state index contributed by atoms with van der Waals surface area (Å²) in [5.41, 5.74) is 1.54. The second kappa shape index (κ2) is 10.7. The molecule has 2 N–H and O–H groups in total. The van der Waals surface area contributed by atoms with E-state index >= 15 is 0 Å². The van der Waals surface area contributed by atoms with Gasteiger partial charge in [0, 0.05) is 25.7 Å². The molecule has 2 aromatic carbocycles. The molecule has 2 aliphatic rings. The van der Waals surface area contributed by atoms with Crippen LogP contribution in [0.4, 0.5) is 0 Å². The van der Waals surface area contributed by atoms with Gasteiger partial charge < -0.3 is 10.1 Å². The lowest BCUT2D eigenvalue weighted by Crippen LogP contribution is -2.30. The molecule has 35 heavy (non-hydrogen) atoms. The van der Waals surface area contributed by atoms with Crippen LogP contribution in [-0.2, 0) is 31.3 Å². The van der Waals surface area contributed by atoms with Crippen LogP contribution >= 0.6 is 0 Å². The van der Waals surface area contributed by atoms with E-state index in [9.17, 15) is 21.6 Å². The van der Waals surface area contributed by atoms with Gasteiger partial charge >= 0.3 is 0 Å². The standard InChI is InChI=1S/C24H31N3O6S2/c1-18-16-22(34(29,30)26-20-6-7-20)10-11-23(18)33-17-24(28)25-13-12-19-4-8-21(9-5-19)35(31,32)27-14-2-3-15-27/h4-5,8-11,16,20,26H,2-3,6-7,12-15,17H2,1H3,(H,25,28). The van der Waals surface area contributed by atoms with Gasteiger partial charge in [0.05, 0.1) is 9.79 Å². The first-order valence-corrected chi connectivity index (χ1v) is 14.7. The molecule has 2 aromatic rings. The number of aryl methyl sites for hydroxylation is 1. The van der Waals surface area contributed by atoms with Gasteiger partial charge in [0.25, 0.3) is 5.91 Å². The predicted octanol–water partition coefficient (Wildman–Crippen LogP) is 1.96. The molecule has 0 bridgehead atoms. The predicted molar refractivity (Wildman–Crippen MR) is 131 cm³/mol. The topological polar surface area (TPSA) is 122 Å². The maximum Gasteiger partial charge on any atom is 0.257 e. The summed E-state index contributed by atoms with van der Waals surface area (Å²) in [4.78, 5) is 12.6. The van der Waals surface area contributed by atoms with Gasteiger partial charge in [0.2, 0.25) is 20.0 Å². The first kappa shape index (κ1) is 25.6. The zero-order chi connectivity index (χ0) is 25.1. The van der Waals surface area contributed by atoms with Crippen molar-refractivity contribution in [3.63, 3.8) is 0 Å². The van der Waals surface area contributed by atoms with Crippen LogP contribution in [0.15, 0.2) is 52.3 Å². The number of carbonyl (C=O) groups excluding carboxylic acids is 1. The second-order valence-corrected chi connectivity index (χ2v) is 12.6. The number of nitrogens with zero attached hydrogens (tertiary/aromatic N) is 1. The Hall–Kier alpha value is -2.47. The summed E-state index contributed by atoms with van der Waals surface area (Å²) in [5, 5.41) is 2.78. The molecule has 0 unspecified atom stereocenters. The summed E-state index contributed by atoms with van der Waals surface area (Å²) in [6.07, 6.45) is 4.06. The maximum absolute atomic E-state index is 12.6. The van der Waals surface area contributed by atoms with E-state index in [1.54, 1.807) is 37.3 Å². The highest BCUT2D eigenvalue weighted by Gasteiger charge is 2.28. The zero-order valence-corrected chi connectivity index (χ0v) is 21.3. The molecule has 190 valence electrons. The Morgan fingerprint density at radius 2 is 1.66 bits per heavy atom. The number of rotatable bonds is 11. The van der Waals surface area contributed by atoms with Gasteiger partial charge in [-0.2, -0.15) is 4.31 Å². The molecular weight excluding hydrogens is 490 g/mol. The third-order valence-electron chi connectivity index (χ3n) is 6.08. The molecule has 0 aromatic heterocycles. The van der Waals surface area contributed by atoms with Gasteiger partial charge in [-0.05, 0) is 80.5 Å². The Kier molecular flexibility index (Phi) is 7.80. The van der Waals surface area contributed by atoms with E-state index in [1.165, 1.54) is 16.4 Å². The van der Waals surface area contributed by atoms with Crippen molar-refractivity contribution in [2.45, 2.75) is 54.9 Å². The Morgan fingerprint density at radius 1 is 1.00 bits per heavy atom. The van der Waals surface area contributed by atoms with E-state index in [0.29, 0.717) is 37.4 Å². The fourth-order valence-electron chi connectivity index (χ4n) is 3.89. The van der Waals surface area contributed by atoms with Crippen LogP contribution in [-0.4, -0.2) is 59.3 Å². The molecule has 0 atom stereocenters. The highest BCUT2D eigenvalue weighted by Crippen LogP contribution is 2.25. The highest BCUT2D eigenvalue weighted by atomic mass is 32.2. The Balaban J connectivity index is 1.22. The third-order valence-corrected chi connectivity index (χ3v) is 9.51. The van der Waals surface area contributed by atoms with Crippen molar-refractivity contribution >= 4 is 26.0 Å². The van der Waals surface area contributed by atoms with E-state index in [4.69, 9.17) is 4.74 Å². The van der Waals surface area contributed by atoms with Gasteiger partial charge in [-0.3, -0.25) is 4.79 Å². The quantitative estimate of drug-likeness (QED) is 0.466. The molecule has 11 heteroatoms. The first-order valence-electron chi connectivity index (χ1n) is 11.8. The number of nitrogens with one attached hydrogen (secondary N) is 2.